The first-order chi connectivity index (χ1) is 11.3. The molecule has 0 bridgehead atoms. The maximum atomic E-state index is 12.3. The van der Waals surface area contributed by atoms with Crippen LogP contribution in [0, 0.1) is 0 Å². The molecule has 0 aromatic carbocycles. The Hall–Kier alpha value is -2.60. The van der Waals surface area contributed by atoms with Gasteiger partial charge in [-0.25, -0.2) is 9.97 Å². The molecule has 3 aromatic heterocycles. The van der Waals surface area contributed by atoms with Gasteiger partial charge in [-0.05, 0) is 36.6 Å². The van der Waals surface area contributed by atoms with Gasteiger partial charge in [-0.3, -0.25) is 9.78 Å². The van der Waals surface area contributed by atoms with E-state index in [-0.39, 0.29) is 5.91 Å². The highest BCUT2D eigenvalue weighted by atomic mass is 32.1. The van der Waals surface area contributed by atoms with Gasteiger partial charge < -0.3 is 5.32 Å². The number of hydrogen-bond acceptors (Lipinski definition) is 5. The van der Waals surface area contributed by atoms with E-state index < -0.39 is 0 Å². The maximum absolute atomic E-state index is 12.3. The van der Waals surface area contributed by atoms with Crippen molar-refractivity contribution in [2.45, 2.75) is 18.8 Å². The molecule has 0 radical (unpaired) electrons. The quantitative estimate of drug-likeness (QED) is 0.794. The summed E-state index contributed by atoms with van der Waals surface area (Å²) in [5, 5.41) is 5.69. The highest BCUT2D eigenvalue weighted by molar-refractivity contribution is 7.10. The zero-order valence-electron chi connectivity index (χ0n) is 12.3. The molecule has 0 unspecified atom stereocenters. The standard InChI is InChI=1S/C17H14N4OS/c22-16(14-10-23-17(20-14)11-3-4-11)21-15-8-12(5-7-19-15)13-2-1-6-18-9-13/h1-2,5-11H,3-4H2,(H,19,21,22). The van der Waals surface area contributed by atoms with E-state index in [1.807, 2.05) is 29.6 Å². The van der Waals surface area contributed by atoms with Gasteiger partial charge in [0.15, 0.2) is 0 Å². The largest absolute Gasteiger partial charge is 0.305 e. The molecule has 0 aliphatic heterocycles. The van der Waals surface area contributed by atoms with E-state index in [0.29, 0.717) is 17.4 Å². The molecule has 1 amide bonds. The fourth-order valence-corrected chi connectivity index (χ4v) is 3.27. The lowest BCUT2D eigenvalue weighted by atomic mass is 10.1. The number of aromatic nitrogens is 3. The lowest BCUT2D eigenvalue weighted by Crippen LogP contribution is -2.13. The molecule has 1 aliphatic carbocycles. The van der Waals surface area contributed by atoms with Gasteiger partial charge in [-0.1, -0.05) is 6.07 Å². The monoisotopic (exact) mass is 322 g/mol. The molecule has 5 nitrogen and oxygen atoms in total. The predicted octanol–water partition coefficient (Wildman–Crippen LogP) is 3.73. The number of nitrogens with one attached hydrogen (secondary N) is 1. The number of hydrogen-bond donors (Lipinski definition) is 1. The molecular formula is C17H14N4OS. The second-order valence-electron chi connectivity index (χ2n) is 5.47. The lowest BCUT2D eigenvalue weighted by molar-refractivity contribution is 0.102. The van der Waals surface area contributed by atoms with Gasteiger partial charge in [-0.15, -0.1) is 11.3 Å². The van der Waals surface area contributed by atoms with E-state index in [9.17, 15) is 4.79 Å². The van der Waals surface area contributed by atoms with Crippen LogP contribution in [0.1, 0.15) is 34.3 Å². The minimum absolute atomic E-state index is 0.219. The molecule has 1 fully saturated rings. The zero-order chi connectivity index (χ0) is 15.6. The second-order valence-corrected chi connectivity index (χ2v) is 6.36. The summed E-state index contributed by atoms with van der Waals surface area (Å²) in [7, 11) is 0. The summed E-state index contributed by atoms with van der Waals surface area (Å²) in [6, 6.07) is 7.57. The van der Waals surface area contributed by atoms with Gasteiger partial charge in [0.2, 0.25) is 0 Å². The van der Waals surface area contributed by atoms with Crippen molar-refractivity contribution in [3.63, 3.8) is 0 Å². The van der Waals surface area contributed by atoms with Crippen LogP contribution in [0.25, 0.3) is 11.1 Å². The van der Waals surface area contributed by atoms with Crippen LogP contribution in [0.3, 0.4) is 0 Å². The lowest BCUT2D eigenvalue weighted by Gasteiger charge is -2.05. The second kappa shape index (κ2) is 5.89. The molecule has 1 N–H and O–H groups in total. The van der Waals surface area contributed by atoms with Crippen molar-refractivity contribution >= 4 is 23.1 Å². The highest BCUT2D eigenvalue weighted by Crippen LogP contribution is 2.41. The summed E-state index contributed by atoms with van der Waals surface area (Å²) in [6.07, 6.45) is 7.55. The van der Waals surface area contributed by atoms with Gasteiger partial charge in [0, 0.05) is 35.5 Å². The van der Waals surface area contributed by atoms with Gasteiger partial charge in [0.1, 0.15) is 11.5 Å². The number of carbonyl (C=O) groups is 1. The van der Waals surface area contributed by atoms with Crippen LogP contribution >= 0.6 is 11.3 Å². The number of anilines is 1. The van der Waals surface area contributed by atoms with Crippen LogP contribution in [0.4, 0.5) is 5.82 Å². The molecule has 23 heavy (non-hydrogen) atoms. The number of amides is 1. The Balaban J connectivity index is 1.52. The SMILES string of the molecule is O=C(Nc1cc(-c2cccnc2)ccn1)c1csc(C2CC2)n1. The van der Waals surface area contributed by atoms with Gasteiger partial charge >= 0.3 is 0 Å². The van der Waals surface area contributed by atoms with E-state index in [0.717, 1.165) is 16.1 Å². The van der Waals surface area contributed by atoms with Crippen molar-refractivity contribution in [2.24, 2.45) is 0 Å². The van der Waals surface area contributed by atoms with Crippen molar-refractivity contribution in [3.05, 3.63) is 58.9 Å². The molecule has 1 saturated carbocycles. The first-order valence-electron chi connectivity index (χ1n) is 7.43. The maximum Gasteiger partial charge on any atom is 0.276 e. The highest BCUT2D eigenvalue weighted by Gasteiger charge is 2.27. The number of rotatable bonds is 4. The molecule has 0 spiro atoms. The van der Waals surface area contributed by atoms with Gasteiger partial charge in [-0.2, -0.15) is 0 Å². The molecular weight excluding hydrogens is 308 g/mol. The first-order valence-corrected chi connectivity index (χ1v) is 8.31. The number of thiazole rings is 1. The summed E-state index contributed by atoms with van der Waals surface area (Å²) < 4.78 is 0. The van der Waals surface area contributed by atoms with Crippen molar-refractivity contribution in [2.75, 3.05) is 5.32 Å². The van der Waals surface area contributed by atoms with Crippen molar-refractivity contribution in [1.29, 1.82) is 0 Å². The van der Waals surface area contributed by atoms with E-state index >= 15 is 0 Å². The third kappa shape index (κ3) is 3.12. The molecule has 6 heteroatoms. The molecule has 0 saturated heterocycles. The van der Waals surface area contributed by atoms with Crippen molar-refractivity contribution in [1.82, 2.24) is 15.0 Å². The predicted molar refractivity (Wildman–Crippen MR) is 89.5 cm³/mol. The summed E-state index contributed by atoms with van der Waals surface area (Å²) in [4.78, 5) is 25.0. The van der Waals surface area contributed by atoms with Crippen LogP contribution in [0.5, 0.6) is 0 Å². The van der Waals surface area contributed by atoms with Crippen LogP contribution < -0.4 is 5.32 Å². The van der Waals surface area contributed by atoms with E-state index in [1.54, 1.807) is 29.9 Å². The van der Waals surface area contributed by atoms with Crippen molar-refractivity contribution in [3.8, 4) is 11.1 Å². The Morgan fingerprint density at radius 1 is 1.22 bits per heavy atom. The first kappa shape index (κ1) is 14.0. The Labute approximate surface area is 137 Å². The van der Waals surface area contributed by atoms with Crippen LogP contribution in [-0.4, -0.2) is 20.9 Å². The van der Waals surface area contributed by atoms with E-state index in [4.69, 9.17) is 0 Å². The zero-order valence-corrected chi connectivity index (χ0v) is 13.1. The third-order valence-corrected chi connectivity index (χ3v) is 4.68. The fraction of sp³-hybridized carbons (Fsp3) is 0.176. The van der Waals surface area contributed by atoms with Crippen LogP contribution in [0.15, 0.2) is 48.2 Å². The Bertz CT molecular complexity index is 843. The summed E-state index contributed by atoms with van der Waals surface area (Å²) in [5.74, 6) is 0.856. The summed E-state index contributed by atoms with van der Waals surface area (Å²) in [6.45, 7) is 0. The number of carbonyl (C=O) groups excluding carboxylic acids is 1. The Morgan fingerprint density at radius 2 is 2.13 bits per heavy atom. The number of nitrogens with zero attached hydrogens (tertiary/aromatic N) is 3. The molecule has 3 heterocycles. The van der Waals surface area contributed by atoms with E-state index in [1.165, 1.54) is 12.8 Å². The Kier molecular flexibility index (Phi) is 3.59. The molecule has 3 aromatic rings. The van der Waals surface area contributed by atoms with Gasteiger partial charge in [0.05, 0.1) is 5.01 Å². The van der Waals surface area contributed by atoms with Crippen molar-refractivity contribution < 1.29 is 4.79 Å². The molecule has 4 rings (SSSR count). The Morgan fingerprint density at radius 3 is 2.91 bits per heavy atom. The third-order valence-electron chi connectivity index (χ3n) is 3.68. The minimum atomic E-state index is -0.219. The minimum Gasteiger partial charge on any atom is -0.305 e. The normalized spacial score (nSPS) is 13.7. The van der Waals surface area contributed by atoms with E-state index in [2.05, 4.69) is 20.3 Å². The molecule has 114 valence electrons. The molecule has 1 aliphatic rings. The van der Waals surface area contributed by atoms with Crippen LogP contribution in [-0.2, 0) is 0 Å². The fourth-order valence-electron chi connectivity index (χ4n) is 2.30. The summed E-state index contributed by atoms with van der Waals surface area (Å²) in [5.41, 5.74) is 2.40. The summed E-state index contributed by atoms with van der Waals surface area (Å²) >= 11 is 1.56. The topological polar surface area (TPSA) is 67.8 Å². The smallest absolute Gasteiger partial charge is 0.276 e. The molecule has 0 atom stereocenters. The number of pyridine rings is 2. The average molecular weight is 322 g/mol. The average Bonchev–Trinajstić information content (AvgIpc) is 3.33. The van der Waals surface area contributed by atoms with Crippen LogP contribution in [0.2, 0.25) is 0 Å². The van der Waals surface area contributed by atoms with Gasteiger partial charge in [0.25, 0.3) is 5.91 Å².